The summed E-state index contributed by atoms with van der Waals surface area (Å²) in [7, 11) is -3.81. The first-order valence-corrected chi connectivity index (χ1v) is 7.30. The lowest BCUT2D eigenvalue weighted by molar-refractivity contribution is 0.420. The topological polar surface area (TPSA) is 98.2 Å². The normalized spacial score (nSPS) is 10.7. The van der Waals surface area contributed by atoms with Crippen LogP contribution in [-0.2, 0) is 10.0 Å². The summed E-state index contributed by atoms with van der Waals surface area (Å²) in [6.07, 6.45) is 2.42. The van der Waals surface area contributed by atoms with Crippen molar-refractivity contribution in [1.29, 1.82) is 0 Å². The first-order chi connectivity index (χ1) is 9.53. The van der Waals surface area contributed by atoms with Gasteiger partial charge >= 0.3 is 0 Å². The molecule has 0 spiro atoms. The van der Waals surface area contributed by atoms with Gasteiger partial charge in [0.2, 0.25) is 0 Å². The van der Waals surface area contributed by atoms with Crippen LogP contribution < -0.4 is 10.5 Å². The van der Waals surface area contributed by atoms with Crippen LogP contribution in [0.15, 0.2) is 40.1 Å². The number of benzene rings is 1. The van der Waals surface area contributed by atoms with E-state index in [0.717, 1.165) is 0 Å². The van der Waals surface area contributed by atoms with Crippen molar-refractivity contribution < 1.29 is 12.9 Å². The summed E-state index contributed by atoms with van der Waals surface area (Å²) < 4.78 is 31.1. The molecule has 0 radical (unpaired) electrons. The van der Waals surface area contributed by atoms with Gasteiger partial charge in [0.25, 0.3) is 10.0 Å². The van der Waals surface area contributed by atoms with E-state index in [-0.39, 0.29) is 22.2 Å². The molecule has 2 aromatic rings. The summed E-state index contributed by atoms with van der Waals surface area (Å²) in [4.78, 5) is -0.0568. The highest BCUT2D eigenvalue weighted by atomic mass is 35.5. The van der Waals surface area contributed by atoms with Gasteiger partial charge in [-0.1, -0.05) is 28.6 Å². The molecule has 0 unspecified atom stereocenters. The third kappa shape index (κ3) is 3.30. The van der Waals surface area contributed by atoms with Crippen molar-refractivity contribution in [2.24, 2.45) is 5.73 Å². The van der Waals surface area contributed by atoms with Crippen molar-refractivity contribution in [3.8, 4) is 11.8 Å². The molecule has 0 saturated heterocycles. The Balaban J connectivity index is 2.33. The second kappa shape index (κ2) is 5.96. The van der Waals surface area contributed by atoms with Gasteiger partial charge < -0.3 is 10.3 Å². The Bertz CT molecular complexity index is 761. The molecule has 1 aromatic carbocycles. The molecule has 2 rings (SSSR count). The quantitative estimate of drug-likeness (QED) is 0.836. The van der Waals surface area contributed by atoms with Gasteiger partial charge in [-0.2, -0.15) is 0 Å². The Morgan fingerprint density at radius 2 is 2.25 bits per heavy atom. The number of aromatic nitrogens is 1. The Kier molecular flexibility index (Phi) is 4.29. The SMILES string of the molecule is NCC#Cc1ccc(S(=O)(=O)Nc2cnoc2)c(Cl)c1. The largest absolute Gasteiger partial charge is 0.362 e. The minimum atomic E-state index is -3.81. The van der Waals surface area contributed by atoms with Gasteiger partial charge in [-0.3, -0.25) is 4.72 Å². The molecular weight excluding hydrogens is 302 g/mol. The maximum atomic E-state index is 12.1. The molecule has 0 aliphatic carbocycles. The van der Waals surface area contributed by atoms with Crippen LogP contribution in [0.5, 0.6) is 0 Å². The van der Waals surface area contributed by atoms with E-state index < -0.39 is 10.0 Å². The number of nitrogens with two attached hydrogens (primary N) is 1. The summed E-state index contributed by atoms with van der Waals surface area (Å²) in [5.41, 5.74) is 6.07. The molecule has 20 heavy (non-hydrogen) atoms. The molecule has 0 bridgehead atoms. The Morgan fingerprint density at radius 1 is 1.45 bits per heavy atom. The van der Waals surface area contributed by atoms with Crippen molar-refractivity contribution in [1.82, 2.24) is 5.16 Å². The average molecular weight is 312 g/mol. The molecule has 6 nitrogen and oxygen atoms in total. The zero-order valence-electron chi connectivity index (χ0n) is 10.1. The minimum absolute atomic E-state index is 0.0568. The number of nitrogens with zero attached hydrogens (tertiary/aromatic N) is 1. The van der Waals surface area contributed by atoms with Crippen LogP contribution in [0.1, 0.15) is 5.56 Å². The van der Waals surface area contributed by atoms with E-state index in [1.54, 1.807) is 6.07 Å². The molecule has 0 aliphatic heterocycles. The van der Waals surface area contributed by atoms with Gasteiger partial charge in [0.1, 0.15) is 16.8 Å². The van der Waals surface area contributed by atoms with Crippen LogP contribution in [0.25, 0.3) is 0 Å². The maximum absolute atomic E-state index is 12.1. The summed E-state index contributed by atoms with van der Waals surface area (Å²) in [6, 6.07) is 4.39. The monoisotopic (exact) mass is 311 g/mol. The lowest BCUT2D eigenvalue weighted by atomic mass is 10.2. The van der Waals surface area contributed by atoms with Gasteiger partial charge in [0, 0.05) is 5.56 Å². The predicted molar refractivity (Wildman–Crippen MR) is 74.7 cm³/mol. The smallest absolute Gasteiger partial charge is 0.263 e. The molecule has 0 atom stereocenters. The zero-order valence-corrected chi connectivity index (χ0v) is 11.7. The van der Waals surface area contributed by atoms with Crippen molar-refractivity contribution in [2.75, 3.05) is 11.3 Å². The van der Waals surface area contributed by atoms with Crippen LogP contribution in [0.2, 0.25) is 5.02 Å². The van der Waals surface area contributed by atoms with E-state index in [9.17, 15) is 8.42 Å². The van der Waals surface area contributed by atoms with Crippen LogP contribution in [0.4, 0.5) is 5.69 Å². The first kappa shape index (κ1) is 14.4. The van der Waals surface area contributed by atoms with Gasteiger partial charge in [-0.15, -0.1) is 0 Å². The second-order valence-corrected chi connectivity index (χ2v) is 5.73. The van der Waals surface area contributed by atoms with E-state index >= 15 is 0 Å². The van der Waals surface area contributed by atoms with Gasteiger partial charge in [0.05, 0.1) is 17.8 Å². The highest BCUT2D eigenvalue weighted by molar-refractivity contribution is 7.92. The second-order valence-electron chi connectivity index (χ2n) is 3.67. The molecule has 1 aromatic heterocycles. The van der Waals surface area contributed by atoms with Crippen molar-refractivity contribution in [3.63, 3.8) is 0 Å². The molecule has 0 fully saturated rings. The Morgan fingerprint density at radius 3 is 2.85 bits per heavy atom. The van der Waals surface area contributed by atoms with Gasteiger partial charge in [0.15, 0.2) is 0 Å². The molecule has 0 saturated carbocycles. The zero-order chi connectivity index (χ0) is 14.6. The Labute approximate surface area is 121 Å². The number of hydrogen-bond acceptors (Lipinski definition) is 5. The fraction of sp³-hybridized carbons (Fsp3) is 0.0833. The summed E-state index contributed by atoms with van der Waals surface area (Å²) in [5.74, 6) is 5.43. The van der Waals surface area contributed by atoms with Crippen molar-refractivity contribution in [3.05, 3.63) is 41.2 Å². The number of halogens is 1. The molecule has 0 aliphatic rings. The van der Waals surface area contributed by atoms with Crippen LogP contribution >= 0.6 is 11.6 Å². The van der Waals surface area contributed by atoms with E-state index in [0.29, 0.717) is 5.56 Å². The minimum Gasteiger partial charge on any atom is -0.362 e. The van der Waals surface area contributed by atoms with E-state index in [4.69, 9.17) is 17.3 Å². The Hall–Kier alpha value is -2.01. The fourth-order valence-corrected chi connectivity index (χ4v) is 2.98. The highest BCUT2D eigenvalue weighted by Gasteiger charge is 2.18. The number of nitrogens with one attached hydrogen (secondary N) is 1. The molecular formula is C12H10ClN3O3S. The number of anilines is 1. The van der Waals surface area contributed by atoms with E-state index in [1.165, 1.54) is 24.6 Å². The summed E-state index contributed by atoms with van der Waals surface area (Å²) in [5, 5.41) is 3.47. The lowest BCUT2D eigenvalue weighted by Crippen LogP contribution is -2.13. The summed E-state index contributed by atoms with van der Waals surface area (Å²) in [6.45, 7) is 0.215. The van der Waals surface area contributed by atoms with Gasteiger partial charge in [-0.25, -0.2) is 8.42 Å². The van der Waals surface area contributed by atoms with Crippen LogP contribution in [-0.4, -0.2) is 20.1 Å². The lowest BCUT2D eigenvalue weighted by Gasteiger charge is -2.07. The molecule has 3 N–H and O–H groups in total. The van der Waals surface area contributed by atoms with E-state index in [1.807, 2.05) is 0 Å². The number of sulfonamides is 1. The van der Waals surface area contributed by atoms with Crippen LogP contribution in [0, 0.1) is 11.8 Å². The van der Waals surface area contributed by atoms with Crippen molar-refractivity contribution >= 4 is 27.3 Å². The average Bonchev–Trinajstić information content (AvgIpc) is 2.88. The van der Waals surface area contributed by atoms with Crippen LogP contribution in [0.3, 0.4) is 0 Å². The number of hydrogen-bond donors (Lipinski definition) is 2. The van der Waals surface area contributed by atoms with Crippen molar-refractivity contribution in [2.45, 2.75) is 4.90 Å². The first-order valence-electron chi connectivity index (χ1n) is 5.43. The maximum Gasteiger partial charge on any atom is 0.263 e. The third-order valence-electron chi connectivity index (χ3n) is 2.24. The highest BCUT2D eigenvalue weighted by Crippen LogP contribution is 2.24. The van der Waals surface area contributed by atoms with E-state index in [2.05, 4.69) is 26.2 Å². The molecule has 8 heteroatoms. The summed E-state index contributed by atoms with van der Waals surface area (Å²) >= 11 is 5.98. The standard InChI is InChI=1S/C12H10ClN3O3S/c13-11-6-9(2-1-5-14)3-4-12(11)20(17,18)16-10-7-15-19-8-10/h3-4,6-8,16H,5,14H2. The fourth-order valence-electron chi connectivity index (χ4n) is 1.42. The predicted octanol–water partition coefficient (Wildman–Crippen LogP) is 1.44. The van der Waals surface area contributed by atoms with Gasteiger partial charge in [-0.05, 0) is 18.2 Å². The number of rotatable bonds is 3. The third-order valence-corrected chi connectivity index (χ3v) is 4.10. The molecule has 1 heterocycles. The molecule has 104 valence electrons. The molecule has 0 amide bonds.